The highest BCUT2D eigenvalue weighted by atomic mass is 19.1. The molecule has 1 amide bonds. The predicted molar refractivity (Wildman–Crippen MR) is 115 cm³/mol. The van der Waals surface area contributed by atoms with Crippen molar-refractivity contribution in [1.29, 1.82) is 5.26 Å². The summed E-state index contributed by atoms with van der Waals surface area (Å²) < 4.78 is 42.4. The van der Waals surface area contributed by atoms with Crippen LogP contribution in [0.5, 0.6) is 0 Å². The Labute approximate surface area is 187 Å². The Bertz CT molecular complexity index is 1230. The molecule has 0 saturated carbocycles. The van der Waals surface area contributed by atoms with Crippen molar-refractivity contribution in [3.8, 4) is 6.07 Å². The molecule has 8 nitrogen and oxygen atoms in total. The number of pyridine rings is 2. The van der Waals surface area contributed by atoms with E-state index in [1.807, 2.05) is 0 Å². The van der Waals surface area contributed by atoms with Crippen LogP contribution in [-0.4, -0.2) is 27.2 Å². The Balaban J connectivity index is 2.00. The summed E-state index contributed by atoms with van der Waals surface area (Å²) in [6, 6.07) is 7.50. The maximum Gasteiger partial charge on any atom is 0.404 e. The average molecular weight is 456 g/mol. The molecule has 0 unspecified atom stereocenters. The number of carboxylic acid groups (broad SMARTS) is 1. The third-order valence-corrected chi connectivity index (χ3v) is 4.74. The third kappa shape index (κ3) is 5.68. The summed E-state index contributed by atoms with van der Waals surface area (Å²) in [5, 5.41) is 26.2. The molecule has 2 heterocycles. The van der Waals surface area contributed by atoms with Gasteiger partial charge < -0.3 is 21.1 Å². The second-order valence-corrected chi connectivity index (χ2v) is 7.16. The van der Waals surface area contributed by atoms with Crippen LogP contribution >= 0.6 is 0 Å². The quantitative estimate of drug-likeness (QED) is 0.409. The largest absolute Gasteiger partial charge is 0.465 e. The van der Waals surface area contributed by atoms with Crippen molar-refractivity contribution in [1.82, 2.24) is 15.3 Å². The number of anilines is 3. The van der Waals surface area contributed by atoms with Crippen molar-refractivity contribution < 1.29 is 23.1 Å². The summed E-state index contributed by atoms with van der Waals surface area (Å²) in [5.74, 6) is -2.45. The minimum absolute atomic E-state index is 0.0803. The number of amides is 1. The molecule has 3 aromatic rings. The Morgan fingerprint density at radius 1 is 1.15 bits per heavy atom. The first kappa shape index (κ1) is 23.3. The highest BCUT2D eigenvalue weighted by Crippen LogP contribution is 2.28. The molecule has 2 aromatic heterocycles. The number of benzene rings is 1. The lowest BCUT2D eigenvalue weighted by Crippen LogP contribution is -2.39. The van der Waals surface area contributed by atoms with Gasteiger partial charge in [-0.05, 0) is 37.6 Å². The molecule has 0 fully saturated rings. The normalized spacial score (nSPS) is 12.4. The van der Waals surface area contributed by atoms with Crippen LogP contribution in [0.15, 0.2) is 42.6 Å². The van der Waals surface area contributed by atoms with E-state index >= 15 is 0 Å². The molecule has 0 radical (unpaired) electrons. The first-order chi connectivity index (χ1) is 15.7. The lowest BCUT2D eigenvalue weighted by atomic mass is 10.00. The first-order valence-corrected chi connectivity index (χ1v) is 9.69. The smallest absolute Gasteiger partial charge is 0.404 e. The van der Waals surface area contributed by atoms with Crippen LogP contribution in [0.4, 0.5) is 35.3 Å². The molecular formula is C22H19F3N6O2. The fourth-order valence-corrected chi connectivity index (χ4v) is 3.10. The Morgan fingerprint density at radius 2 is 1.91 bits per heavy atom. The molecule has 0 saturated heterocycles. The zero-order valence-corrected chi connectivity index (χ0v) is 17.5. The van der Waals surface area contributed by atoms with Crippen LogP contribution in [-0.2, 0) is 0 Å². The van der Waals surface area contributed by atoms with Crippen LogP contribution in [0.2, 0.25) is 0 Å². The Hall–Kier alpha value is -4.33. The van der Waals surface area contributed by atoms with Gasteiger partial charge in [-0.3, -0.25) is 4.98 Å². The maximum absolute atomic E-state index is 14.8. The molecule has 11 heteroatoms. The van der Waals surface area contributed by atoms with Gasteiger partial charge in [-0.25, -0.2) is 22.9 Å². The maximum atomic E-state index is 14.8. The van der Waals surface area contributed by atoms with Crippen molar-refractivity contribution in [3.63, 3.8) is 0 Å². The van der Waals surface area contributed by atoms with E-state index in [1.165, 1.54) is 38.2 Å². The molecule has 2 atom stereocenters. The lowest BCUT2D eigenvalue weighted by molar-refractivity contribution is 0.189. The molecule has 1 aromatic carbocycles. The number of rotatable bonds is 7. The monoisotopic (exact) mass is 456 g/mol. The summed E-state index contributed by atoms with van der Waals surface area (Å²) in [4.78, 5) is 19.1. The van der Waals surface area contributed by atoms with E-state index in [0.717, 1.165) is 12.1 Å². The van der Waals surface area contributed by atoms with Crippen LogP contribution in [0.1, 0.15) is 29.8 Å². The average Bonchev–Trinajstić information content (AvgIpc) is 2.75. The van der Waals surface area contributed by atoms with Crippen molar-refractivity contribution in [2.24, 2.45) is 0 Å². The number of aromatic nitrogens is 2. The molecule has 3 rings (SSSR count). The van der Waals surface area contributed by atoms with Crippen molar-refractivity contribution in [3.05, 3.63) is 76.9 Å². The van der Waals surface area contributed by atoms with E-state index in [0.29, 0.717) is 5.56 Å². The van der Waals surface area contributed by atoms with Gasteiger partial charge in [0.15, 0.2) is 17.5 Å². The molecule has 4 N–H and O–H groups in total. The van der Waals surface area contributed by atoms with Crippen molar-refractivity contribution in [2.75, 3.05) is 10.6 Å². The van der Waals surface area contributed by atoms with E-state index in [1.54, 1.807) is 12.1 Å². The van der Waals surface area contributed by atoms with Gasteiger partial charge in [0.25, 0.3) is 0 Å². The summed E-state index contributed by atoms with van der Waals surface area (Å²) in [6.07, 6.45) is 0.00163. The van der Waals surface area contributed by atoms with E-state index in [4.69, 9.17) is 5.11 Å². The number of halogens is 3. The molecule has 0 spiro atoms. The summed E-state index contributed by atoms with van der Waals surface area (Å²) in [6.45, 7) is 3.00. The number of hydrogen-bond acceptors (Lipinski definition) is 6. The van der Waals surface area contributed by atoms with E-state index in [2.05, 4.69) is 25.9 Å². The number of nitriles is 1. The van der Waals surface area contributed by atoms with Gasteiger partial charge in [0.1, 0.15) is 17.7 Å². The predicted octanol–water partition coefficient (Wildman–Crippen LogP) is 4.63. The fraction of sp³-hybridized carbons (Fsp3) is 0.182. The number of aryl methyl sites for hydroxylation is 1. The van der Waals surface area contributed by atoms with Gasteiger partial charge in [-0.1, -0.05) is 12.1 Å². The Morgan fingerprint density at radius 3 is 2.55 bits per heavy atom. The topological polar surface area (TPSA) is 123 Å². The highest BCUT2D eigenvalue weighted by Gasteiger charge is 2.24. The van der Waals surface area contributed by atoms with Gasteiger partial charge in [-0.2, -0.15) is 5.26 Å². The van der Waals surface area contributed by atoms with Gasteiger partial charge >= 0.3 is 6.09 Å². The number of nitrogens with zero attached hydrogens (tertiary/aromatic N) is 3. The van der Waals surface area contributed by atoms with Crippen LogP contribution in [0.25, 0.3) is 0 Å². The van der Waals surface area contributed by atoms with Gasteiger partial charge in [-0.15, -0.1) is 0 Å². The SMILES string of the molecule is Cc1ncc(Nc2nc(N[C@H](c3cccc(F)c3)[C@H](C)NC(=O)O)c(F)cc2C#N)cc1F. The molecule has 0 aliphatic carbocycles. The Kier molecular flexibility index (Phi) is 6.97. The van der Waals surface area contributed by atoms with Crippen molar-refractivity contribution in [2.45, 2.75) is 25.9 Å². The number of hydrogen-bond donors (Lipinski definition) is 4. The second-order valence-electron chi connectivity index (χ2n) is 7.16. The van der Waals surface area contributed by atoms with Crippen LogP contribution in [0, 0.1) is 35.7 Å². The number of carbonyl (C=O) groups is 1. The molecule has 0 bridgehead atoms. The standard InChI is InChI=1S/C22H19F3N6O2/c1-11-17(24)8-16(10-27-11)29-20-14(9-26)7-18(25)21(31-20)30-19(12(2)28-22(32)33)13-4-3-5-15(23)6-13/h3-8,10,12,19,28H,1-2H3,(H,32,33)(H2,29,30,31)/t12-,19-/m0/s1. The molecule has 33 heavy (non-hydrogen) atoms. The summed E-state index contributed by atoms with van der Waals surface area (Å²) >= 11 is 0. The highest BCUT2D eigenvalue weighted by molar-refractivity contribution is 5.66. The first-order valence-electron chi connectivity index (χ1n) is 9.69. The van der Waals surface area contributed by atoms with Gasteiger partial charge in [0.2, 0.25) is 0 Å². The van der Waals surface area contributed by atoms with Crippen LogP contribution in [0.3, 0.4) is 0 Å². The van der Waals surface area contributed by atoms with E-state index in [-0.39, 0.29) is 28.6 Å². The minimum atomic E-state index is -1.32. The van der Waals surface area contributed by atoms with Gasteiger partial charge in [0.05, 0.1) is 35.2 Å². The molecule has 170 valence electrons. The van der Waals surface area contributed by atoms with Crippen molar-refractivity contribution >= 4 is 23.4 Å². The fourth-order valence-electron chi connectivity index (χ4n) is 3.10. The lowest BCUT2D eigenvalue weighted by Gasteiger charge is -2.26. The zero-order valence-electron chi connectivity index (χ0n) is 17.5. The third-order valence-electron chi connectivity index (χ3n) is 4.74. The second kappa shape index (κ2) is 9.86. The summed E-state index contributed by atoms with van der Waals surface area (Å²) in [7, 11) is 0. The van der Waals surface area contributed by atoms with E-state index in [9.17, 15) is 23.2 Å². The molecule has 0 aliphatic heterocycles. The summed E-state index contributed by atoms with van der Waals surface area (Å²) in [5.41, 5.74) is 0.537. The molecule has 0 aliphatic rings. The van der Waals surface area contributed by atoms with E-state index < -0.39 is 35.6 Å². The minimum Gasteiger partial charge on any atom is -0.465 e. The molecular weight excluding hydrogens is 437 g/mol. The van der Waals surface area contributed by atoms with Gasteiger partial charge in [0, 0.05) is 6.07 Å². The zero-order chi connectivity index (χ0) is 24.1. The number of nitrogens with one attached hydrogen (secondary N) is 3. The van der Waals surface area contributed by atoms with Crippen LogP contribution < -0.4 is 16.0 Å².